The van der Waals surface area contributed by atoms with E-state index in [1.807, 2.05) is 13.8 Å². The van der Waals surface area contributed by atoms with E-state index in [9.17, 15) is 19.8 Å². The highest BCUT2D eigenvalue weighted by Gasteiger charge is 2.43. The number of amides is 1. The molecule has 158 valence electrons. The minimum absolute atomic E-state index is 0.128. The normalized spacial score (nSPS) is 28.2. The predicted octanol–water partition coefficient (Wildman–Crippen LogP) is 2.67. The summed E-state index contributed by atoms with van der Waals surface area (Å²) in [6.07, 6.45) is 4.70. The number of aromatic hydroxyl groups is 1. The number of piperidine rings is 1. The Hall–Kier alpha value is -2.28. The molecule has 4 rings (SSSR count). The zero-order valence-corrected chi connectivity index (χ0v) is 17.1. The van der Waals surface area contributed by atoms with Gasteiger partial charge in [-0.25, -0.2) is 0 Å². The Labute approximate surface area is 170 Å². The maximum absolute atomic E-state index is 12.7. The molecule has 7 heteroatoms. The van der Waals surface area contributed by atoms with Crippen molar-refractivity contribution in [2.45, 2.75) is 63.6 Å². The first-order valence-corrected chi connectivity index (χ1v) is 10.4. The zero-order valence-electron chi connectivity index (χ0n) is 17.1. The van der Waals surface area contributed by atoms with Crippen molar-refractivity contribution < 1.29 is 29.3 Å². The number of carbonyl (C=O) groups is 2. The van der Waals surface area contributed by atoms with Crippen LogP contribution in [0.4, 0.5) is 0 Å². The average molecular weight is 403 g/mol. The number of fused-ring (bicyclic) bond motifs is 2. The summed E-state index contributed by atoms with van der Waals surface area (Å²) in [7, 11) is 0. The van der Waals surface area contributed by atoms with Crippen LogP contribution in [0.1, 0.15) is 62.7 Å². The quantitative estimate of drug-likeness (QED) is 0.806. The Morgan fingerprint density at radius 3 is 2.90 bits per heavy atom. The van der Waals surface area contributed by atoms with Crippen molar-refractivity contribution in [3.8, 4) is 17.2 Å². The van der Waals surface area contributed by atoms with E-state index < -0.39 is 11.2 Å². The molecule has 7 nitrogen and oxygen atoms in total. The van der Waals surface area contributed by atoms with Crippen LogP contribution in [0.5, 0.6) is 17.2 Å². The lowest BCUT2D eigenvalue weighted by Crippen LogP contribution is -2.55. The maximum atomic E-state index is 12.7. The maximum Gasteiger partial charge on any atom is 0.260 e. The van der Waals surface area contributed by atoms with E-state index in [4.69, 9.17) is 9.47 Å². The Morgan fingerprint density at radius 2 is 2.10 bits per heavy atom. The number of nitrogens with zero attached hydrogens (tertiary/aromatic N) is 1. The smallest absolute Gasteiger partial charge is 0.260 e. The number of ketones is 1. The summed E-state index contributed by atoms with van der Waals surface area (Å²) in [4.78, 5) is 26.7. The van der Waals surface area contributed by atoms with E-state index in [-0.39, 0.29) is 53.4 Å². The van der Waals surface area contributed by atoms with Gasteiger partial charge in [0, 0.05) is 31.1 Å². The first-order chi connectivity index (χ1) is 13.7. The number of hydrogen-bond donors (Lipinski definition) is 2. The molecule has 0 bridgehead atoms. The molecule has 0 aromatic heterocycles. The first kappa shape index (κ1) is 20.0. The van der Waals surface area contributed by atoms with Gasteiger partial charge >= 0.3 is 0 Å². The topological polar surface area (TPSA) is 96.3 Å². The van der Waals surface area contributed by atoms with Crippen molar-refractivity contribution in [3.05, 3.63) is 17.7 Å². The van der Waals surface area contributed by atoms with Crippen LogP contribution in [0.2, 0.25) is 0 Å². The number of rotatable bonds is 3. The van der Waals surface area contributed by atoms with Crippen LogP contribution in [0.15, 0.2) is 12.1 Å². The predicted molar refractivity (Wildman–Crippen MR) is 105 cm³/mol. The number of phenolic OH excluding ortho intramolecular Hbond substituents is 1. The van der Waals surface area contributed by atoms with E-state index in [0.29, 0.717) is 19.5 Å². The fourth-order valence-electron chi connectivity index (χ4n) is 4.86. The second kappa shape index (κ2) is 7.20. The van der Waals surface area contributed by atoms with Crippen LogP contribution in [0, 0.1) is 5.92 Å². The number of ether oxygens (including phenoxy) is 2. The molecule has 2 heterocycles. The molecule has 1 saturated carbocycles. The molecule has 1 aromatic carbocycles. The van der Waals surface area contributed by atoms with E-state index in [1.165, 1.54) is 6.07 Å². The highest BCUT2D eigenvalue weighted by Crippen LogP contribution is 2.41. The fraction of sp³-hybridized carbons (Fsp3) is 0.636. The number of aliphatic hydroxyl groups is 1. The SMILES string of the molecule is CC1(C)CC(=O)c2c(O)cc(OCC(=O)N3CCC4(O)CCCCC4C3)cc2O1. The van der Waals surface area contributed by atoms with Gasteiger partial charge < -0.3 is 24.6 Å². The standard InChI is InChI=1S/C22H29NO6/c1-21(2)11-17(25)20-16(24)9-15(10-18(20)29-21)28-13-19(26)23-8-7-22(27)6-4-3-5-14(22)12-23/h9-10,14,24,27H,3-8,11-13H2,1-2H3. The molecule has 0 spiro atoms. The fourth-order valence-corrected chi connectivity index (χ4v) is 4.86. The molecular weight excluding hydrogens is 374 g/mol. The van der Waals surface area contributed by atoms with Crippen molar-refractivity contribution in [1.29, 1.82) is 0 Å². The number of carbonyl (C=O) groups excluding carboxylic acids is 2. The lowest BCUT2D eigenvalue weighted by molar-refractivity contribution is -0.145. The highest BCUT2D eigenvalue weighted by molar-refractivity contribution is 6.03. The van der Waals surface area contributed by atoms with Gasteiger partial charge in [0.05, 0.1) is 12.0 Å². The van der Waals surface area contributed by atoms with Gasteiger partial charge in [0.25, 0.3) is 5.91 Å². The van der Waals surface area contributed by atoms with E-state index in [2.05, 4.69) is 0 Å². The number of likely N-dealkylation sites (tertiary alicyclic amines) is 1. The average Bonchev–Trinajstić information content (AvgIpc) is 2.63. The molecule has 1 aromatic rings. The number of benzene rings is 1. The van der Waals surface area contributed by atoms with Crippen LogP contribution in [0.25, 0.3) is 0 Å². The van der Waals surface area contributed by atoms with Crippen LogP contribution >= 0.6 is 0 Å². The van der Waals surface area contributed by atoms with Gasteiger partial charge in [-0.1, -0.05) is 12.8 Å². The molecule has 2 fully saturated rings. The molecule has 2 unspecified atom stereocenters. The van der Waals surface area contributed by atoms with Crippen molar-refractivity contribution >= 4 is 11.7 Å². The zero-order chi connectivity index (χ0) is 20.8. The second-order valence-electron chi connectivity index (χ2n) is 9.20. The lowest BCUT2D eigenvalue weighted by atomic mass is 9.71. The highest BCUT2D eigenvalue weighted by atomic mass is 16.5. The van der Waals surface area contributed by atoms with Gasteiger partial charge in [0.1, 0.15) is 28.4 Å². The number of phenols is 1. The molecule has 1 amide bonds. The van der Waals surface area contributed by atoms with Crippen LogP contribution in [0.3, 0.4) is 0 Å². The Balaban J connectivity index is 1.41. The summed E-state index contributed by atoms with van der Waals surface area (Å²) in [6.45, 7) is 4.53. The molecule has 0 radical (unpaired) electrons. The second-order valence-corrected chi connectivity index (χ2v) is 9.20. The summed E-state index contributed by atoms with van der Waals surface area (Å²) in [5.41, 5.74) is -1.12. The largest absolute Gasteiger partial charge is 0.507 e. The Morgan fingerprint density at radius 1 is 1.31 bits per heavy atom. The molecule has 29 heavy (non-hydrogen) atoms. The Kier molecular flexibility index (Phi) is 4.97. The molecule has 1 aliphatic carbocycles. The van der Waals surface area contributed by atoms with Crippen LogP contribution < -0.4 is 9.47 Å². The van der Waals surface area contributed by atoms with Crippen molar-refractivity contribution in [2.24, 2.45) is 5.92 Å². The molecule has 2 atom stereocenters. The summed E-state index contributed by atoms with van der Waals surface area (Å²) < 4.78 is 11.4. The van der Waals surface area contributed by atoms with Crippen molar-refractivity contribution in [1.82, 2.24) is 4.90 Å². The van der Waals surface area contributed by atoms with E-state index in [1.54, 1.807) is 11.0 Å². The van der Waals surface area contributed by atoms with Crippen molar-refractivity contribution in [3.63, 3.8) is 0 Å². The van der Waals surface area contributed by atoms with Crippen molar-refractivity contribution in [2.75, 3.05) is 19.7 Å². The third-order valence-electron chi connectivity index (χ3n) is 6.45. The van der Waals surface area contributed by atoms with Crippen LogP contribution in [-0.4, -0.2) is 57.7 Å². The minimum atomic E-state index is -0.657. The first-order valence-electron chi connectivity index (χ1n) is 10.4. The third-order valence-corrected chi connectivity index (χ3v) is 6.45. The Bertz CT molecular complexity index is 835. The molecule has 1 saturated heterocycles. The molecule has 2 aliphatic heterocycles. The van der Waals surface area contributed by atoms with Gasteiger partial charge in [0.15, 0.2) is 12.4 Å². The summed E-state index contributed by atoms with van der Waals surface area (Å²) in [6, 6.07) is 2.90. The van der Waals surface area contributed by atoms with Gasteiger partial charge in [-0.3, -0.25) is 9.59 Å². The van der Waals surface area contributed by atoms with Crippen LogP contribution in [-0.2, 0) is 4.79 Å². The molecule has 2 N–H and O–H groups in total. The van der Waals surface area contributed by atoms with Gasteiger partial charge in [-0.15, -0.1) is 0 Å². The van der Waals surface area contributed by atoms with E-state index in [0.717, 1.165) is 25.7 Å². The summed E-state index contributed by atoms with van der Waals surface area (Å²) >= 11 is 0. The molecule has 3 aliphatic rings. The monoisotopic (exact) mass is 403 g/mol. The minimum Gasteiger partial charge on any atom is -0.507 e. The third kappa shape index (κ3) is 3.92. The van der Waals surface area contributed by atoms with Gasteiger partial charge in [-0.2, -0.15) is 0 Å². The van der Waals surface area contributed by atoms with E-state index >= 15 is 0 Å². The lowest BCUT2D eigenvalue weighted by Gasteiger charge is -2.47. The number of Topliss-reactive ketones (excluding diaryl/α,β-unsaturated/α-hetero) is 1. The summed E-state index contributed by atoms with van der Waals surface area (Å²) in [5.74, 6) is 0.168. The number of hydrogen-bond acceptors (Lipinski definition) is 6. The van der Waals surface area contributed by atoms with Gasteiger partial charge in [0.2, 0.25) is 0 Å². The molecular formula is C22H29NO6. The summed E-state index contributed by atoms with van der Waals surface area (Å²) in [5, 5.41) is 21.0. The van der Waals surface area contributed by atoms with Gasteiger partial charge in [-0.05, 0) is 33.1 Å².